The van der Waals surface area contributed by atoms with E-state index in [9.17, 15) is 18.0 Å². The Morgan fingerprint density at radius 1 is 1.26 bits per heavy atom. The van der Waals surface area contributed by atoms with Crippen LogP contribution in [0.2, 0.25) is 0 Å². The van der Waals surface area contributed by atoms with Crippen LogP contribution < -0.4 is 0 Å². The molecule has 0 aliphatic rings. The van der Waals surface area contributed by atoms with E-state index in [0.717, 1.165) is 11.8 Å². The van der Waals surface area contributed by atoms with Gasteiger partial charge in [0.25, 0.3) is 0 Å². The van der Waals surface area contributed by atoms with Crippen LogP contribution in [0.15, 0.2) is 33.5 Å². The van der Waals surface area contributed by atoms with Crippen molar-refractivity contribution in [2.75, 3.05) is 0 Å². The number of hydrogen-bond donors (Lipinski definition) is 1. The number of aromatic nitrogens is 2. The third-order valence-electron chi connectivity index (χ3n) is 1.97. The molecule has 0 radical (unpaired) electrons. The number of hydrogen-bond acceptors (Lipinski definition) is 5. The minimum absolute atomic E-state index is 0.109. The van der Waals surface area contributed by atoms with Crippen LogP contribution in [0.25, 0.3) is 0 Å². The first-order chi connectivity index (χ1) is 8.86. The number of alkyl halides is 3. The molecule has 0 amide bonds. The number of halogens is 3. The second-order valence-corrected chi connectivity index (χ2v) is 5.39. The van der Waals surface area contributed by atoms with E-state index >= 15 is 0 Å². The lowest BCUT2D eigenvalue weighted by Crippen LogP contribution is -2.06. The van der Waals surface area contributed by atoms with Gasteiger partial charge in [0, 0.05) is 4.90 Å². The molecule has 9 heteroatoms. The molecule has 0 unspecified atom stereocenters. The number of carboxylic acid groups (broad SMARTS) is 1. The third-order valence-corrected chi connectivity index (χ3v) is 3.73. The highest BCUT2D eigenvalue weighted by molar-refractivity contribution is 8.01. The van der Waals surface area contributed by atoms with E-state index in [1.54, 1.807) is 0 Å². The van der Waals surface area contributed by atoms with E-state index < -0.39 is 18.0 Å². The first-order valence-electron chi connectivity index (χ1n) is 4.78. The fourth-order valence-corrected chi connectivity index (χ4v) is 2.72. The summed E-state index contributed by atoms with van der Waals surface area (Å²) in [4.78, 5) is 14.6. The minimum atomic E-state index is -4.55. The van der Waals surface area contributed by atoms with Crippen LogP contribution in [0.1, 0.15) is 16.2 Å². The first kappa shape index (κ1) is 13.8. The molecule has 100 valence electrons. The van der Waals surface area contributed by atoms with Gasteiger partial charge in [-0.25, -0.2) is 9.78 Å². The van der Waals surface area contributed by atoms with E-state index in [1.165, 1.54) is 24.3 Å². The Hall–Kier alpha value is -1.61. The summed E-state index contributed by atoms with van der Waals surface area (Å²) in [6, 6.07) is 5.75. The highest BCUT2D eigenvalue weighted by Gasteiger charge is 2.36. The van der Waals surface area contributed by atoms with E-state index in [2.05, 4.69) is 9.36 Å². The molecule has 0 atom stereocenters. The standard InChI is InChI=1S/C10H5F3N2O2S2/c11-10(12,13)8-14-9(19-15-8)18-6-3-1-5(2-4-6)7(16)17/h1-4H,(H,16,17). The maximum Gasteiger partial charge on any atom is 0.452 e. The monoisotopic (exact) mass is 306 g/mol. The number of rotatable bonds is 3. The average Bonchev–Trinajstić information content (AvgIpc) is 2.78. The van der Waals surface area contributed by atoms with Crippen molar-refractivity contribution in [2.24, 2.45) is 0 Å². The smallest absolute Gasteiger partial charge is 0.452 e. The van der Waals surface area contributed by atoms with Crippen molar-refractivity contribution in [2.45, 2.75) is 15.4 Å². The van der Waals surface area contributed by atoms with Crippen LogP contribution in [-0.2, 0) is 6.18 Å². The minimum Gasteiger partial charge on any atom is -0.478 e. The summed E-state index contributed by atoms with van der Waals surface area (Å²) in [6.45, 7) is 0. The van der Waals surface area contributed by atoms with Crippen LogP contribution >= 0.6 is 23.3 Å². The zero-order valence-electron chi connectivity index (χ0n) is 9.01. The highest BCUT2D eigenvalue weighted by Crippen LogP contribution is 2.33. The molecule has 4 nitrogen and oxygen atoms in total. The second-order valence-electron chi connectivity index (χ2n) is 3.31. The fourth-order valence-electron chi connectivity index (χ4n) is 1.13. The summed E-state index contributed by atoms with van der Waals surface area (Å²) < 4.78 is 40.2. The van der Waals surface area contributed by atoms with Crippen molar-refractivity contribution in [1.82, 2.24) is 9.36 Å². The molecule has 19 heavy (non-hydrogen) atoms. The van der Waals surface area contributed by atoms with Gasteiger partial charge < -0.3 is 5.11 Å². The Balaban J connectivity index is 2.13. The number of carbonyl (C=O) groups is 1. The molecule has 0 bridgehead atoms. The quantitative estimate of drug-likeness (QED) is 0.941. The lowest BCUT2D eigenvalue weighted by molar-refractivity contribution is -0.144. The molecule has 1 aromatic heterocycles. The SMILES string of the molecule is O=C(O)c1ccc(Sc2nc(C(F)(F)F)ns2)cc1. The number of carboxylic acids is 1. The van der Waals surface area contributed by atoms with Crippen LogP contribution in [-0.4, -0.2) is 20.4 Å². The van der Waals surface area contributed by atoms with Crippen molar-refractivity contribution in [3.8, 4) is 0 Å². The maximum absolute atomic E-state index is 12.3. The Bertz CT molecular complexity index is 596. The summed E-state index contributed by atoms with van der Waals surface area (Å²) in [5.41, 5.74) is 0.109. The maximum atomic E-state index is 12.3. The van der Waals surface area contributed by atoms with Gasteiger partial charge in [0.1, 0.15) is 0 Å². The van der Waals surface area contributed by atoms with Gasteiger partial charge in [0.05, 0.1) is 5.56 Å². The van der Waals surface area contributed by atoms with Gasteiger partial charge >= 0.3 is 12.1 Å². The van der Waals surface area contributed by atoms with Gasteiger partial charge in [0.15, 0.2) is 4.34 Å². The van der Waals surface area contributed by atoms with Gasteiger partial charge in [0.2, 0.25) is 5.82 Å². The molecule has 0 saturated carbocycles. The molecule has 1 aromatic carbocycles. The molecule has 0 saturated heterocycles. The molecule has 0 aliphatic carbocycles. The molecule has 0 fully saturated rings. The lowest BCUT2D eigenvalue weighted by Gasteiger charge is -1.99. The largest absolute Gasteiger partial charge is 0.478 e. The molecular weight excluding hydrogens is 301 g/mol. The topological polar surface area (TPSA) is 63.1 Å². The van der Waals surface area contributed by atoms with Gasteiger partial charge in [-0.2, -0.15) is 17.5 Å². The average molecular weight is 306 g/mol. The van der Waals surface area contributed by atoms with Crippen molar-refractivity contribution in [3.63, 3.8) is 0 Å². The Labute approximate surface area is 113 Å². The van der Waals surface area contributed by atoms with Crippen molar-refractivity contribution < 1.29 is 23.1 Å². The van der Waals surface area contributed by atoms with Gasteiger partial charge in [-0.3, -0.25) is 0 Å². The van der Waals surface area contributed by atoms with E-state index in [0.29, 0.717) is 16.4 Å². The summed E-state index contributed by atoms with van der Waals surface area (Å²) in [5.74, 6) is -2.23. The van der Waals surface area contributed by atoms with Crippen molar-refractivity contribution in [1.29, 1.82) is 0 Å². The molecule has 0 spiro atoms. The highest BCUT2D eigenvalue weighted by atomic mass is 32.2. The zero-order valence-corrected chi connectivity index (χ0v) is 10.6. The van der Waals surface area contributed by atoms with E-state index in [1.807, 2.05) is 0 Å². The van der Waals surface area contributed by atoms with Crippen LogP contribution in [0.4, 0.5) is 13.2 Å². The molecule has 1 N–H and O–H groups in total. The Kier molecular flexibility index (Phi) is 3.76. The Morgan fingerprint density at radius 2 is 1.89 bits per heavy atom. The van der Waals surface area contributed by atoms with Crippen molar-refractivity contribution in [3.05, 3.63) is 35.7 Å². The predicted molar refractivity (Wildman–Crippen MR) is 62.4 cm³/mol. The predicted octanol–water partition coefficient (Wildman–Crippen LogP) is 3.41. The van der Waals surface area contributed by atoms with E-state index in [-0.39, 0.29) is 9.90 Å². The lowest BCUT2D eigenvalue weighted by atomic mass is 10.2. The fraction of sp³-hybridized carbons (Fsp3) is 0.100. The third kappa shape index (κ3) is 3.44. The number of nitrogens with zero attached hydrogens (tertiary/aromatic N) is 2. The first-order valence-corrected chi connectivity index (χ1v) is 6.37. The van der Waals surface area contributed by atoms with E-state index in [4.69, 9.17) is 5.11 Å². The summed E-state index contributed by atoms with van der Waals surface area (Å²) in [5, 5.41) is 8.71. The zero-order chi connectivity index (χ0) is 14.0. The number of benzene rings is 1. The molecule has 1 heterocycles. The second kappa shape index (κ2) is 5.17. The Morgan fingerprint density at radius 3 is 2.37 bits per heavy atom. The number of aromatic carboxylic acids is 1. The van der Waals surface area contributed by atoms with Gasteiger partial charge in [-0.1, -0.05) is 11.8 Å². The summed E-state index contributed by atoms with van der Waals surface area (Å²) in [7, 11) is 0. The van der Waals surface area contributed by atoms with Gasteiger partial charge in [-0.15, -0.1) is 0 Å². The van der Waals surface area contributed by atoms with Gasteiger partial charge in [-0.05, 0) is 35.8 Å². The molecule has 2 aromatic rings. The summed E-state index contributed by atoms with van der Waals surface area (Å²) >= 11 is 1.64. The van der Waals surface area contributed by atoms with Crippen LogP contribution in [0.3, 0.4) is 0 Å². The van der Waals surface area contributed by atoms with Crippen LogP contribution in [0, 0.1) is 0 Å². The van der Waals surface area contributed by atoms with Crippen LogP contribution in [0.5, 0.6) is 0 Å². The molecular formula is C10H5F3N2O2S2. The normalized spacial score (nSPS) is 11.5. The summed E-state index contributed by atoms with van der Waals surface area (Å²) in [6.07, 6.45) is -4.55. The molecule has 0 aliphatic heterocycles. The van der Waals surface area contributed by atoms with Crippen molar-refractivity contribution >= 4 is 29.3 Å². The molecule has 2 rings (SSSR count).